The van der Waals surface area contributed by atoms with E-state index in [4.69, 9.17) is 5.11 Å². The molecule has 0 atom stereocenters. The molecule has 1 N–H and O–H groups in total. The molecule has 3 rings (SSSR count). The predicted molar refractivity (Wildman–Crippen MR) is 69.5 cm³/mol. The molecule has 2 aromatic heterocycles. The molecular formula is C14H13N3O2. The van der Waals surface area contributed by atoms with Gasteiger partial charge in [0.1, 0.15) is 0 Å². The van der Waals surface area contributed by atoms with Crippen molar-refractivity contribution in [2.75, 3.05) is 0 Å². The Labute approximate surface area is 110 Å². The summed E-state index contributed by atoms with van der Waals surface area (Å²) in [4.78, 5) is 16.5. The van der Waals surface area contributed by atoms with E-state index >= 15 is 0 Å². The topological polar surface area (TPSA) is 68.0 Å². The number of aliphatic hydroxyl groups is 1. The third kappa shape index (κ3) is 1.74. The number of aromatic nitrogens is 3. The number of nitrogens with zero attached hydrogens (tertiary/aromatic N) is 3. The van der Waals surface area contributed by atoms with Crippen LogP contribution < -0.4 is 0 Å². The number of allylic oxidation sites excluding steroid dienone is 1. The summed E-state index contributed by atoms with van der Waals surface area (Å²) in [7, 11) is 0. The van der Waals surface area contributed by atoms with Gasteiger partial charge in [-0.25, -0.2) is 9.67 Å². The van der Waals surface area contributed by atoms with Crippen LogP contribution in [0.1, 0.15) is 28.2 Å². The van der Waals surface area contributed by atoms with Crippen molar-refractivity contribution >= 4 is 5.78 Å². The van der Waals surface area contributed by atoms with Gasteiger partial charge in [0.25, 0.3) is 0 Å². The second-order valence-electron chi connectivity index (χ2n) is 4.49. The van der Waals surface area contributed by atoms with E-state index in [1.807, 2.05) is 18.2 Å². The Kier molecular flexibility index (Phi) is 2.67. The van der Waals surface area contributed by atoms with E-state index < -0.39 is 0 Å². The fourth-order valence-electron chi connectivity index (χ4n) is 2.42. The molecule has 19 heavy (non-hydrogen) atoms. The second-order valence-corrected chi connectivity index (χ2v) is 4.49. The third-order valence-electron chi connectivity index (χ3n) is 3.33. The highest BCUT2D eigenvalue weighted by Gasteiger charge is 2.29. The summed E-state index contributed by atoms with van der Waals surface area (Å²) in [5.74, 6) is 0.569. The van der Waals surface area contributed by atoms with Crippen LogP contribution in [-0.4, -0.2) is 25.7 Å². The molecule has 0 bridgehead atoms. The minimum Gasteiger partial charge on any atom is -0.515 e. The van der Waals surface area contributed by atoms with Gasteiger partial charge in [0.2, 0.25) is 0 Å². The van der Waals surface area contributed by atoms with Crippen LogP contribution in [0.4, 0.5) is 0 Å². The molecule has 0 aromatic carbocycles. The van der Waals surface area contributed by atoms with Crippen molar-refractivity contribution in [3.63, 3.8) is 0 Å². The van der Waals surface area contributed by atoms with E-state index in [1.165, 1.54) is 0 Å². The number of pyridine rings is 1. The Morgan fingerprint density at radius 2 is 2.21 bits per heavy atom. The van der Waals surface area contributed by atoms with Crippen molar-refractivity contribution in [3.05, 3.63) is 53.2 Å². The first kappa shape index (κ1) is 11.6. The van der Waals surface area contributed by atoms with Gasteiger partial charge in [-0.3, -0.25) is 4.79 Å². The number of aliphatic hydroxyl groups excluding tert-OH is 1. The average Bonchev–Trinajstić information content (AvgIpc) is 2.78. The van der Waals surface area contributed by atoms with Crippen LogP contribution in [0.5, 0.6) is 0 Å². The number of hydrogen-bond donors (Lipinski definition) is 1. The molecule has 0 unspecified atom stereocenters. The Morgan fingerprint density at radius 3 is 2.89 bits per heavy atom. The molecule has 5 heteroatoms. The van der Waals surface area contributed by atoms with Crippen LogP contribution in [0.15, 0.2) is 36.2 Å². The number of hydrogen-bond acceptors (Lipinski definition) is 4. The highest BCUT2D eigenvalue weighted by molar-refractivity contribution is 6.11. The first-order valence-electron chi connectivity index (χ1n) is 6.10. The second kappa shape index (κ2) is 4.35. The molecule has 5 nitrogen and oxygen atoms in total. The summed E-state index contributed by atoms with van der Waals surface area (Å²) >= 11 is 0. The van der Waals surface area contributed by atoms with Crippen LogP contribution >= 0.6 is 0 Å². The van der Waals surface area contributed by atoms with Crippen LogP contribution in [0.2, 0.25) is 0 Å². The van der Waals surface area contributed by atoms with E-state index in [9.17, 15) is 4.79 Å². The Bertz CT molecular complexity index is 671. The molecule has 0 amide bonds. The van der Waals surface area contributed by atoms with E-state index in [1.54, 1.807) is 17.8 Å². The molecule has 0 saturated heterocycles. The smallest absolute Gasteiger partial charge is 0.195 e. The van der Waals surface area contributed by atoms with Gasteiger partial charge >= 0.3 is 0 Å². The summed E-state index contributed by atoms with van der Waals surface area (Å²) in [6.45, 7) is 1.80. The van der Waals surface area contributed by atoms with Crippen LogP contribution in [0, 0.1) is 6.92 Å². The number of carbonyl (C=O) groups is 1. The molecule has 0 radical (unpaired) electrons. The lowest BCUT2D eigenvalue weighted by molar-refractivity contribution is 0.102. The zero-order chi connectivity index (χ0) is 13.4. The number of aryl methyl sites for hydroxylation is 1. The van der Waals surface area contributed by atoms with E-state index in [2.05, 4.69) is 10.1 Å². The Balaban J connectivity index is 2.18. The molecule has 0 saturated carbocycles. The lowest BCUT2D eigenvalue weighted by Crippen LogP contribution is -2.16. The van der Waals surface area contributed by atoms with E-state index in [-0.39, 0.29) is 5.78 Å². The molecule has 0 fully saturated rings. The quantitative estimate of drug-likeness (QED) is 0.626. The van der Waals surface area contributed by atoms with Gasteiger partial charge in [-0.15, -0.1) is 0 Å². The summed E-state index contributed by atoms with van der Waals surface area (Å²) in [5, 5.41) is 13.5. The molecule has 1 aliphatic carbocycles. The van der Waals surface area contributed by atoms with E-state index in [0.717, 1.165) is 12.0 Å². The van der Waals surface area contributed by atoms with Gasteiger partial charge < -0.3 is 5.11 Å². The minimum atomic E-state index is -0.136. The van der Waals surface area contributed by atoms with Gasteiger partial charge in [-0.2, -0.15) is 5.10 Å². The fraction of sp³-hybridized carbons (Fsp3) is 0.214. The van der Waals surface area contributed by atoms with Gasteiger partial charge in [-0.05, 0) is 31.9 Å². The molecule has 0 spiro atoms. The molecule has 1 aliphatic rings. The maximum absolute atomic E-state index is 12.2. The average molecular weight is 255 g/mol. The molecule has 2 aromatic rings. The number of rotatable bonds is 1. The van der Waals surface area contributed by atoms with E-state index in [0.29, 0.717) is 35.5 Å². The largest absolute Gasteiger partial charge is 0.515 e. The Morgan fingerprint density at radius 1 is 1.37 bits per heavy atom. The summed E-state index contributed by atoms with van der Waals surface area (Å²) in [5.41, 5.74) is 2.57. The summed E-state index contributed by atoms with van der Waals surface area (Å²) in [6.07, 6.45) is 3.80. The molecular weight excluding hydrogens is 242 g/mol. The monoisotopic (exact) mass is 255 g/mol. The lowest BCUT2D eigenvalue weighted by Gasteiger charge is -2.14. The minimum absolute atomic E-state index is 0.136. The van der Waals surface area contributed by atoms with Crippen LogP contribution in [-0.2, 0) is 6.42 Å². The first-order valence-corrected chi connectivity index (χ1v) is 6.10. The number of Topliss-reactive ketones (excluding diaryl/α,β-unsaturated/α-hetero) is 1. The van der Waals surface area contributed by atoms with Crippen molar-refractivity contribution in [3.8, 4) is 5.82 Å². The van der Waals surface area contributed by atoms with Crippen molar-refractivity contribution in [2.24, 2.45) is 0 Å². The summed E-state index contributed by atoms with van der Waals surface area (Å²) in [6, 6.07) is 5.58. The lowest BCUT2D eigenvalue weighted by atomic mass is 9.91. The zero-order valence-electron chi connectivity index (χ0n) is 10.5. The molecule has 0 aliphatic heterocycles. The normalized spacial score (nSPS) is 16.7. The van der Waals surface area contributed by atoms with Crippen LogP contribution in [0.3, 0.4) is 0 Å². The SMILES string of the molecule is Cc1nn(-c2ccccn2)c2c1C(=O)C(=CO)CC2. The number of fused-ring (bicyclic) bond motifs is 1. The van der Waals surface area contributed by atoms with Crippen molar-refractivity contribution in [1.29, 1.82) is 0 Å². The van der Waals surface area contributed by atoms with Crippen LogP contribution in [0.25, 0.3) is 5.82 Å². The van der Waals surface area contributed by atoms with Gasteiger partial charge in [-0.1, -0.05) is 6.07 Å². The summed E-state index contributed by atoms with van der Waals surface area (Å²) < 4.78 is 1.72. The molecule has 2 heterocycles. The number of carbonyl (C=O) groups excluding carboxylic acids is 1. The van der Waals surface area contributed by atoms with Crippen molar-refractivity contribution in [1.82, 2.24) is 14.8 Å². The predicted octanol–water partition coefficient (Wildman–Crippen LogP) is 2.15. The first-order chi connectivity index (χ1) is 9.22. The van der Waals surface area contributed by atoms with Gasteiger partial charge in [0.05, 0.1) is 23.2 Å². The molecule has 96 valence electrons. The van der Waals surface area contributed by atoms with Crippen molar-refractivity contribution in [2.45, 2.75) is 19.8 Å². The fourth-order valence-corrected chi connectivity index (χ4v) is 2.42. The highest BCUT2D eigenvalue weighted by Crippen LogP contribution is 2.28. The van der Waals surface area contributed by atoms with Crippen molar-refractivity contribution < 1.29 is 9.90 Å². The number of ketones is 1. The van der Waals surface area contributed by atoms with Gasteiger partial charge in [0.15, 0.2) is 11.6 Å². The third-order valence-corrected chi connectivity index (χ3v) is 3.33. The zero-order valence-corrected chi connectivity index (χ0v) is 10.5. The standard InChI is InChI=1S/C14H13N3O2/c1-9-13-11(6-5-10(8-18)14(13)19)17(16-9)12-4-2-3-7-15-12/h2-4,7-8,18H,5-6H2,1H3. The van der Waals surface area contributed by atoms with Gasteiger partial charge in [0, 0.05) is 11.8 Å². The maximum atomic E-state index is 12.2. The Hall–Kier alpha value is -2.43. The highest BCUT2D eigenvalue weighted by atomic mass is 16.2. The maximum Gasteiger partial charge on any atom is 0.195 e.